The number of thiophene rings is 1. The second kappa shape index (κ2) is 4.87. The molecule has 0 aliphatic carbocycles. The van der Waals surface area contributed by atoms with E-state index in [1.165, 1.54) is 0 Å². The molecular formula is C10H11BrClN3S. The Balaban J connectivity index is 2.48. The summed E-state index contributed by atoms with van der Waals surface area (Å²) in [6, 6.07) is 3.91. The molecule has 0 saturated carbocycles. The highest BCUT2D eigenvalue weighted by atomic mass is 79.9. The van der Waals surface area contributed by atoms with Gasteiger partial charge in [0.15, 0.2) is 0 Å². The molecule has 2 aromatic heterocycles. The maximum Gasteiger partial charge on any atom is 0.133 e. The van der Waals surface area contributed by atoms with E-state index in [0.29, 0.717) is 0 Å². The standard InChI is InChI=1S/C10H11BrClN3S/c1-13-5-8-14-10(11)9(15(8)2)6-3-4-7(12)16-6/h3-4,13H,5H2,1-2H3. The van der Waals surface area contributed by atoms with Crippen molar-refractivity contribution < 1.29 is 0 Å². The van der Waals surface area contributed by atoms with Crippen molar-refractivity contribution >= 4 is 38.9 Å². The molecule has 0 radical (unpaired) electrons. The lowest BCUT2D eigenvalue weighted by Crippen LogP contribution is -2.10. The van der Waals surface area contributed by atoms with Gasteiger partial charge in [-0.05, 0) is 35.1 Å². The highest BCUT2D eigenvalue weighted by Crippen LogP contribution is 2.35. The number of nitrogens with one attached hydrogen (secondary N) is 1. The van der Waals surface area contributed by atoms with Gasteiger partial charge in [0.2, 0.25) is 0 Å². The number of rotatable bonds is 3. The van der Waals surface area contributed by atoms with Crippen LogP contribution in [0.4, 0.5) is 0 Å². The second-order valence-electron chi connectivity index (χ2n) is 3.36. The van der Waals surface area contributed by atoms with Crippen LogP contribution in [-0.4, -0.2) is 16.6 Å². The van der Waals surface area contributed by atoms with Gasteiger partial charge in [-0.3, -0.25) is 0 Å². The minimum atomic E-state index is 0.744. The van der Waals surface area contributed by atoms with Gasteiger partial charge in [-0.25, -0.2) is 4.98 Å². The van der Waals surface area contributed by atoms with Crippen LogP contribution in [0.1, 0.15) is 5.82 Å². The molecule has 0 bridgehead atoms. The second-order valence-corrected chi connectivity index (χ2v) is 5.83. The molecule has 2 rings (SSSR count). The maximum absolute atomic E-state index is 5.94. The lowest BCUT2D eigenvalue weighted by molar-refractivity contribution is 0.712. The minimum Gasteiger partial charge on any atom is -0.328 e. The van der Waals surface area contributed by atoms with Crippen LogP contribution in [0, 0.1) is 0 Å². The van der Waals surface area contributed by atoms with E-state index in [0.717, 1.165) is 31.9 Å². The van der Waals surface area contributed by atoms with Gasteiger partial charge in [-0.1, -0.05) is 11.6 Å². The number of halogens is 2. The topological polar surface area (TPSA) is 29.9 Å². The van der Waals surface area contributed by atoms with E-state index in [4.69, 9.17) is 11.6 Å². The first-order valence-corrected chi connectivity index (χ1v) is 6.73. The quantitative estimate of drug-likeness (QED) is 0.940. The van der Waals surface area contributed by atoms with Gasteiger partial charge in [0.25, 0.3) is 0 Å². The van der Waals surface area contributed by atoms with Crippen molar-refractivity contribution in [2.45, 2.75) is 6.54 Å². The van der Waals surface area contributed by atoms with E-state index in [1.807, 2.05) is 26.2 Å². The van der Waals surface area contributed by atoms with E-state index in [-0.39, 0.29) is 0 Å². The van der Waals surface area contributed by atoms with Crippen molar-refractivity contribution in [2.24, 2.45) is 7.05 Å². The molecule has 1 N–H and O–H groups in total. The van der Waals surface area contributed by atoms with Gasteiger partial charge in [0, 0.05) is 7.05 Å². The third-order valence-corrected chi connectivity index (χ3v) is 4.08. The number of aromatic nitrogens is 2. The maximum atomic E-state index is 5.94. The normalized spacial score (nSPS) is 11.0. The predicted octanol–water partition coefficient (Wildman–Crippen LogP) is 3.28. The van der Waals surface area contributed by atoms with Crippen LogP contribution < -0.4 is 5.32 Å². The third-order valence-electron chi connectivity index (χ3n) is 2.29. The average Bonchev–Trinajstić information content (AvgIpc) is 2.74. The van der Waals surface area contributed by atoms with Crippen LogP contribution in [0.5, 0.6) is 0 Å². The van der Waals surface area contributed by atoms with Gasteiger partial charge in [-0.15, -0.1) is 11.3 Å². The summed E-state index contributed by atoms with van der Waals surface area (Å²) in [6.07, 6.45) is 0. The molecule has 0 spiro atoms. The fourth-order valence-corrected chi connectivity index (χ4v) is 3.47. The lowest BCUT2D eigenvalue weighted by Gasteiger charge is -2.03. The summed E-state index contributed by atoms with van der Waals surface area (Å²) < 4.78 is 3.72. The molecule has 0 aliphatic heterocycles. The Morgan fingerprint density at radius 1 is 1.56 bits per heavy atom. The molecule has 0 saturated heterocycles. The summed E-state index contributed by atoms with van der Waals surface area (Å²) in [4.78, 5) is 5.59. The third kappa shape index (κ3) is 2.18. The Hall–Kier alpha value is -0.360. The van der Waals surface area contributed by atoms with Crippen molar-refractivity contribution in [3.63, 3.8) is 0 Å². The van der Waals surface area contributed by atoms with E-state index < -0.39 is 0 Å². The zero-order chi connectivity index (χ0) is 11.7. The summed E-state index contributed by atoms with van der Waals surface area (Å²) in [5, 5.41) is 3.10. The first-order valence-electron chi connectivity index (χ1n) is 4.75. The number of hydrogen-bond acceptors (Lipinski definition) is 3. The molecule has 2 heterocycles. The zero-order valence-corrected chi connectivity index (χ0v) is 12.1. The van der Waals surface area contributed by atoms with E-state index in [9.17, 15) is 0 Å². The molecule has 6 heteroatoms. The molecule has 2 aromatic rings. The van der Waals surface area contributed by atoms with Crippen molar-refractivity contribution in [3.8, 4) is 10.6 Å². The Bertz CT molecular complexity index is 506. The number of hydrogen-bond donors (Lipinski definition) is 1. The van der Waals surface area contributed by atoms with Crippen molar-refractivity contribution in [3.05, 3.63) is 26.9 Å². The van der Waals surface area contributed by atoms with Crippen LogP contribution >= 0.6 is 38.9 Å². The predicted molar refractivity (Wildman–Crippen MR) is 72.0 cm³/mol. The monoisotopic (exact) mass is 319 g/mol. The molecular weight excluding hydrogens is 310 g/mol. The van der Waals surface area contributed by atoms with Crippen LogP contribution in [0.2, 0.25) is 4.34 Å². The Labute approximate surface area is 112 Å². The Morgan fingerprint density at radius 3 is 2.88 bits per heavy atom. The Morgan fingerprint density at radius 2 is 2.31 bits per heavy atom. The number of nitrogens with zero attached hydrogens (tertiary/aromatic N) is 2. The first-order chi connectivity index (χ1) is 7.63. The Kier molecular flexibility index (Phi) is 3.69. The van der Waals surface area contributed by atoms with Gasteiger partial charge in [0.1, 0.15) is 10.4 Å². The SMILES string of the molecule is CNCc1nc(Br)c(-c2ccc(Cl)s2)n1C. The summed E-state index contributed by atoms with van der Waals surface area (Å²) in [6.45, 7) is 0.744. The van der Waals surface area contributed by atoms with Crippen molar-refractivity contribution in [1.29, 1.82) is 0 Å². The van der Waals surface area contributed by atoms with Gasteiger partial charge in [0.05, 0.1) is 21.5 Å². The lowest BCUT2D eigenvalue weighted by atomic mass is 10.4. The number of imidazole rings is 1. The fraction of sp³-hybridized carbons (Fsp3) is 0.300. The van der Waals surface area contributed by atoms with Crippen molar-refractivity contribution in [2.75, 3.05) is 7.05 Å². The summed E-state index contributed by atoms with van der Waals surface area (Å²) in [5.74, 6) is 0.994. The van der Waals surface area contributed by atoms with Crippen LogP contribution in [0.25, 0.3) is 10.6 Å². The molecule has 86 valence electrons. The molecule has 0 amide bonds. The first kappa shape index (κ1) is 12.1. The fourth-order valence-electron chi connectivity index (χ4n) is 1.53. The average molecular weight is 321 g/mol. The van der Waals surface area contributed by atoms with Crippen molar-refractivity contribution in [1.82, 2.24) is 14.9 Å². The highest BCUT2D eigenvalue weighted by Gasteiger charge is 2.15. The van der Waals surface area contributed by atoms with E-state index in [1.54, 1.807) is 11.3 Å². The summed E-state index contributed by atoms with van der Waals surface area (Å²) in [5.41, 5.74) is 1.07. The molecule has 0 aromatic carbocycles. The van der Waals surface area contributed by atoms with Crippen LogP contribution in [0.3, 0.4) is 0 Å². The van der Waals surface area contributed by atoms with E-state index >= 15 is 0 Å². The smallest absolute Gasteiger partial charge is 0.133 e. The van der Waals surface area contributed by atoms with E-state index in [2.05, 4.69) is 30.8 Å². The molecule has 0 unspecified atom stereocenters. The summed E-state index contributed by atoms with van der Waals surface area (Å²) >= 11 is 11.0. The highest BCUT2D eigenvalue weighted by molar-refractivity contribution is 9.10. The minimum absolute atomic E-state index is 0.744. The molecule has 16 heavy (non-hydrogen) atoms. The van der Waals surface area contributed by atoms with Gasteiger partial charge >= 0.3 is 0 Å². The molecule has 0 atom stereocenters. The summed E-state index contributed by atoms with van der Waals surface area (Å²) in [7, 11) is 3.91. The van der Waals surface area contributed by atoms with Gasteiger partial charge < -0.3 is 9.88 Å². The largest absolute Gasteiger partial charge is 0.328 e. The van der Waals surface area contributed by atoms with Crippen LogP contribution in [0.15, 0.2) is 16.7 Å². The molecule has 0 fully saturated rings. The van der Waals surface area contributed by atoms with Crippen LogP contribution in [-0.2, 0) is 13.6 Å². The molecule has 0 aliphatic rings. The zero-order valence-electron chi connectivity index (χ0n) is 8.92. The molecule has 3 nitrogen and oxygen atoms in total. The van der Waals surface area contributed by atoms with Gasteiger partial charge in [-0.2, -0.15) is 0 Å².